The maximum Gasteiger partial charge on any atom is 0.337 e. The number of methoxy groups -OCH3 is 1. The molecule has 2 aromatic carbocycles. The Balaban J connectivity index is 2.04. The Hall–Kier alpha value is -2.54. The first-order valence-electron chi connectivity index (χ1n) is 6.78. The largest absolute Gasteiger partial charge is 0.465 e. The van der Waals surface area contributed by atoms with Crippen LogP contribution in [0, 0.1) is 10.1 Å². The zero-order valence-electron chi connectivity index (χ0n) is 12.8. The van der Waals surface area contributed by atoms with E-state index >= 15 is 0 Å². The Bertz CT molecular complexity index is 721. The Labute approximate surface area is 138 Å². The molecular weight excluding hydrogens is 316 g/mol. The lowest BCUT2D eigenvalue weighted by Gasteiger charge is -2.18. The summed E-state index contributed by atoms with van der Waals surface area (Å²) in [4.78, 5) is 24.8. The molecule has 6 nitrogen and oxygen atoms in total. The topological polar surface area (TPSA) is 72.7 Å². The third-order valence-electron chi connectivity index (χ3n) is 3.16. The standard InChI is InChI=1S/C16H16N2O4S/c1-17(13-6-4-7-14(10-13)18(20)21)11-23-15-8-3-5-12(9-15)16(19)22-2/h3-10H,11H2,1-2H3. The fourth-order valence-corrected chi connectivity index (χ4v) is 2.80. The van der Waals surface area contributed by atoms with Crippen molar-refractivity contribution in [2.45, 2.75) is 4.90 Å². The number of nitrogens with zero attached hydrogens (tertiary/aromatic N) is 2. The van der Waals surface area contributed by atoms with Crippen molar-refractivity contribution in [2.75, 3.05) is 24.9 Å². The Kier molecular flexibility index (Phi) is 5.59. The van der Waals surface area contributed by atoms with Crippen molar-refractivity contribution in [2.24, 2.45) is 0 Å². The number of rotatable bonds is 6. The summed E-state index contributed by atoms with van der Waals surface area (Å²) in [5.74, 6) is 0.214. The Morgan fingerprint density at radius 3 is 2.70 bits per heavy atom. The number of thioether (sulfide) groups is 1. The molecule has 7 heteroatoms. The van der Waals surface area contributed by atoms with Gasteiger partial charge in [-0.05, 0) is 24.3 Å². The zero-order valence-corrected chi connectivity index (χ0v) is 13.6. The first-order chi connectivity index (χ1) is 11.0. The second-order valence-corrected chi connectivity index (χ2v) is 5.79. The molecule has 0 atom stereocenters. The van der Waals surface area contributed by atoms with E-state index in [1.54, 1.807) is 24.3 Å². The minimum absolute atomic E-state index is 0.0621. The third kappa shape index (κ3) is 4.46. The number of carbonyl (C=O) groups is 1. The molecule has 120 valence electrons. The van der Waals surface area contributed by atoms with Crippen molar-refractivity contribution >= 4 is 29.1 Å². The van der Waals surface area contributed by atoms with Crippen molar-refractivity contribution in [1.82, 2.24) is 0 Å². The monoisotopic (exact) mass is 332 g/mol. The molecular formula is C16H16N2O4S. The fourth-order valence-electron chi connectivity index (χ4n) is 1.92. The minimum Gasteiger partial charge on any atom is -0.465 e. The van der Waals surface area contributed by atoms with Gasteiger partial charge in [-0.1, -0.05) is 12.1 Å². The molecule has 0 heterocycles. The van der Waals surface area contributed by atoms with Gasteiger partial charge in [0.15, 0.2) is 0 Å². The van der Waals surface area contributed by atoms with Crippen LogP contribution < -0.4 is 4.90 Å². The summed E-state index contributed by atoms with van der Waals surface area (Å²) in [5.41, 5.74) is 1.32. The molecule has 0 spiro atoms. The predicted octanol–water partition coefficient (Wildman–Crippen LogP) is 3.57. The lowest BCUT2D eigenvalue weighted by molar-refractivity contribution is -0.384. The highest BCUT2D eigenvalue weighted by atomic mass is 32.2. The van der Waals surface area contributed by atoms with E-state index in [2.05, 4.69) is 0 Å². The second-order valence-electron chi connectivity index (χ2n) is 4.77. The van der Waals surface area contributed by atoms with E-state index in [0.29, 0.717) is 11.4 Å². The van der Waals surface area contributed by atoms with Crippen LogP contribution in [0.4, 0.5) is 11.4 Å². The lowest BCUT2D eigenvalue weighted by atomic mass is 10.2. The van der Waals surface area contributed by atoms with Gasteiger partial charge >= 0.3 is 5.97 Å². The van der Waals surface area contributed by atoms with Crippen molar-refractivity contribution in [3.63, 3.8) is 0 Å². The summed E-state index contributed by atoms with van der Waals surface area (Å²) in [5, 5.41) is 10.8. The number of hydrogen-bond donors (Lipinski definition) is 0. The van der Waals surface area contributed by atoms with E-state index < -0.39 is 4.92 Å². The normalized spacial score (nSPS) is 10.2. The molecule has 0 aliphatic heterocycles. The summed E-state index contributed by atoms with van der Waals surface area (Å²) in [7, 11) is 3.20. The van der Waals surface area contributed by atoms with Gasteiger partial charge in [0.05, 0.1) is 23.5 Å². The molecule has 0 bridgehead atoms. The van der Waals surface area contributed by atoms with Crippen molar-refractivity contribution in [3.8, 4) is 0 Å². The highest BCUT2D eigenvalue weighted by Crippen LogP contribution is 2.25. The van der Waals surface area contributed by atoms with Crippen molar-refractivity contribution in [1.29, 1.82) is 0 Å². The summed E-state index contributed by atoms with van der Waals surface area (Å²) in [6.45, 7) is 0. The average Bonchev–Trinajstić information content (AvgIpc) is 2.59. The van der Waals surface area contributed by atoms with Crippen molar-refractivity contribution < 1.29 is 14.5 Å². The van der Waals surface area contributed by atoms with Gasteiger partial charge in [0, 0.05) is 29.8 Å². The van der Waals surface area contributed by atoms with Gasteiger partial charge in [0.2, 0.25) is 0 Å². The number of nitro benzene ring substituents is 1. The van der Waals surface area contributed by atoms with Gasteiger partial charge in [-0.2, -0.15) is 0 Å². The molecule has 0 aromatic heterocycles. The summed E-state index contributed by atoms with van der Waals surface area (Å²) < 4.78 is 4.70. The highest BCUT2D eigenvalue weighted by molar-refractivity contribution is 7.99. The minimum atomic E-state index is -0.412. The summed E-state index contributed by atoms with van der Waals surface area (Å²) in [6.07, 6.45) is 0. The first-order valence-corrected chi connectivity index (χ1v) is 7.76. The molecule has 0 unspecified atom stereocenters. The van der Waals surface area contributed by atoms with Crippen LogP contribution in [0.15, 0.2) is 53.4 Å². The highest BCUT2D eigenvalue weighted by Gasteiger charge is 2.10. The lowest BCUT2D eigenvalue weighted by Crippen LogP contribution is -2.16. The molecule has 0 amide bonds. The molecule has 2 aromatic rings. The van der Waals surface area contributed by atoms with Gasteiger partial charge in [0.1, 0.15) is 0 Å². The van der Waals surface area contributed by atoms with E-state index in [4.69, 9.17) is 4.74 Å². The molecule has 0 aliphatic carbocycles. The molecule has 0 N–H and O–H groups in total. The van der Waals surface area contributed by atoms with Crippen molar-refractivity contribution in [3.05, 3.63) is 64.2 Å². The van der Waals surface area contributed by atoms with Crippen LogP contribution in [-0.2, 0) is 4.74 Å². The molecule has 0 saturated heterocycles. The van der Waals surface area contributed by atoms with E-state index in [9.17, 15) is 14.9 Å². The number of non-ortho nitro benzene ring substituents is 1. The molecule has 0 radical (unpaired) electrons. The quantitative estimate of drug-likeness (QED) is 0.265. The number of ether oxygens (including phenoxy) is 1. The maximum atomic E-state index is 11.5. The van der Waals surface area contributed by atoms with Crippen LogP contribution in [0.25, 0.3) is 0 Å². The predicted molar refractivity (Wildman–Crippen MR) is 90.0 cm³/mol. The van der Waals surface area contributed by atoms with Crippen LogP contribution in [0.2, 0.25) is 0 Å². The number of anilines is 1. The third-order valence-corrected chi connectivity index (χ3v) is 4.26. The molecule has 0 saturated carbocycles. The van der Waals surface area contributed by atoms with Crippen LogP contribution in [0.1, 0.15) is 10.4 Å². The SMILES string of the molecule is COC(=O)c1cccc(SCN(C)c2cccc([N+](=O)[O-])c2)c1. The fraction of sp³-hybridized carbons (Fsp3) is 0.188. The van der Waals surface area contributed by atoms with E-state index in [1.807, 2.05) is 24.1 Å². The number of benzene rings is 2. The van der Waals surface area contributed by atoms with Crippen LogP contribution in [0.3, 0.4) is 0 Å². The summed E-state index contributed by atoms with van der Waals surface area (Å²) >= 11 is 1.53. The Morgan fingerprint density at radius 1 is 1.26 bits per heavy atom. The van der Waals surface area contributed by atoms with E-state index in [1.165, 1.54) is 31.0 Å². The van der Waals surface area contributed by atoms with Gasteiger partial charge in [-0.25, -0.2) is 4.79 Å². The molecule has 0 fully saturated rings. The number of carbonyl (C=O) groups excluding carboxylic acids is 1. The zero-order chi connectivity index (χ0) is 16.8. The maximum absolute atomic E-state index is 11.5. The van der Waals surface area contributed by atoms with E-state index in [-0.39, 0.29) is 11.7 Å². The van der Waals surface area contributed by atoms with Gasteiger partial charge in [-0.3, -0.25) is 10.1 Å². The number of esters is 1. The molecule has 2 rings (SSSR count). The average molecular weight is 332 g/mol. The van der Waals surface area contributed by atoms with E-state index in [0.717, 1.165) is 10.6 Å². The molecule has 23 heavy (non-hydrogen) atoms. The summed E-state index contributed by atoms with van der Waals surface area (Å²) in [6, 6.07) is 13.6. The van der Waals surface area contributed by atoms with Crippen LogP contribution in [0.5, 0.6) is 0 Å². The van der Waals surface area contributed by atoms with Crippen LogP contribution >= 0.6 is 11.8 Å². The van der Waals surface area contributed by atoms with Gasteiger partial charge in [-0.15, -0.1) is 11.8 Å². The molecule has 0 aliphatic rings. The van der Waals surface area contributed by atoms with Gasteiger partial charge < -0.3 is 9.64 Å². The van der Waals surface area contributed by atoms with Gasteiger partial charge in [0.25, 0.3) is 5.69 Å². The smallest absolute Gasteiger partial charge is 0.337 e. The van der Waals surface area contributed by atoms with Crippen LogP contribution in [-0.4, -0.2) is 30.9 Å². The number of hydrogen-bond acceptors (Lipinski definition) is 6. The number of nitro groups is 1. The second kappa shape index (κ2) is 7.64. The first kappa shape index (κ1) is 16.8. The Morgan fingerprint density at radius 2 is 2.00 bits per heavy atom.